The molecule has 2 heterocycles. The Balaban J connectivity index is -0.000000242. The number of allylic oxidation sites excluding steroid dienone is 1. The third-order valence-corrected chi connectivity index (χ3v) is 2.85. The molecule has 0 radical (unpaired) electrons. The Hall–Kier alpha value is -0.810. The maximum Gasteiger partial charge on any atom is 0.261 e. The van der Waals surface area contributed by atoms with Crippen molar-refractivity contribution in [2.75, 3.05) is 33.2 Å². The molecule has 0 bridgehead atoms. The van der Waals surface area contributed by atoms with Crippen molar-refractivity contribution in [2.24, 2.45) is 11.8 Å². The normalized spacial score (nSPS) is 18.1. The van der Waals surface area contributed by atoms with Gasteiger partial charge >= 0.3 is 0 Å². The molecule has 0 atom stereocenters. The largest absolute Gasteiger partial charge is 0.311 e. The predicted octanol–water partition coefficient (Wildman–Crippen LogP) is 4.63. The Bertz CT molecular complexity index is 255. The van der Waals surface area contributed by atoms with Crippen LogP contribution in [0.3, 0.4) is 0 Å². The van der Waals surface area contributed by atoms with Crippen LogP contribution in [0.15, 0.2) is 12.7 Å². The van der Waals surface area contributed by atoms with E-state index in [0.29, 0.717) is 12.5 Å². The number of carbonyl (C=O) groups excluding carboxylic acids is 1. The summed E-state index contributed by atoms with van der Waals surface area (Å²) in [6.07, 6.45) is 4.75. The van der Waals surface area contributed by atoms with Gasteiger partial charge in [-0.25, -0.2) is 8.78 Å². The number of hydrogen-bond donors (Lipinski definition) is 1. The maximum atomic E-state index is 11.9. The van der Waals surface area contributed by atoms with Crippen LogP contribution in [0.4, 0.5) is 8.78 Å². The van der Waals surface area contributed by atoms with E-state index in [9.17, 15) is 8.78 Å². The van der Waals surface area contributed by atoms with E-state index in [1.807, 2.05) is 12.9 Å². The third kappa shape index (κ3) is 29.2. The zero-order chi connectivity index (χ0) is 19.6. The number of nitrogens with one attached hydrogen (secondary N) is 1. The summed E-state index contributed by atoms with van der Waals surface area (Å²) in [4.78, 5) is 10.4. The molecular weight excluding hydrogens is 310 g/mol. The van der Waals surface area contributed by atoms with Crippen LogP contribution < -0.4 is 5.32 Å². The fourth-order valence-electron chi connectivity index (χ4n) is 1.51. The van der Waals surface area contributed by atoms with E-state index in [-0.39, 0.29) is 13.0 Å². The topological polar surface area (TPSA) is 32.3 Å². The highest BCUT2D eigenvalue weighted by Crippen LogP contribution is 2.19. The van der Waals surface area contributed by atoms with Crippen molar-refractivity contribution in [3.8, 4) is 0 Å². The summed E-state index contributed by atoms with van der Waals surface area (Å²) in [6.45, 7) is 19.2. The zero-order valence-corrected chi connectivity index (χ0v) is 16.7. The highest BCUT2D eigenvalue weighted by Gasteiger charge is 2.32. The number of alkyl halides is 2. The average molecular weight is 351 g/mol. The van der Waals surface area contributed by atoms with Crippen molar-refractivity contribution in [3.63, 3.8) is 0 Å². The van der Waals surface area contributed by atoms with Gasteiger partial charge in [-0.15, -0.1) is 6.58 Å². The van der Waals surface area contributed by atoms with Gasteiger partial charge < -0.3 is 15.0 Å². The van der Waals surface area contributed by atoms with Crippen molar-refractivity contribution in [3.05, 3.63) is 12.7 Å². The van der Waals surface area contributed by atoms with Crippen molar-refractivity contribution in [1.29, 1.82) is 0 Å². The molecule has 0 saturated carbocycles. The number of carbonyl (C=O) groups is 1. The molecular formula is C19H40F2N2O. The molecule has 2 aliphatic rings. The lowest BCUT2D eigenvalue weighted by Gasteiger charge is -2.02. The Kier molecular flexibility index (Phi) is 21.6. The predicted molar refractivity (Wildman–Crippen MR) is 102 cm³/mol. The highest BCUT2D eigenvalue weighted by molar-refractivity contribution is 5.11. The number of likely N-dealkylation sites (tertiary alicyclic amines) is 1. The van der Waals surface area contributed by atoms with E-state index in [0.717, 1.165) is 5.92 Å². The maximum absolute atomic E-state index is 11.9. The Morgan fingerprint density at radius 2 is 1.46 bits per heavy atom. The smallest absolute Gasteiger partial charge is 0.261 e. The van der Waals surface area contributed by atoms with Crippen LogP contribution in [-0.2, 0) is 4.79 Å². The van der Waals surface area contributed by atoms with Crippen LogP contribution in [0.25, 0.3) is 0 Å². The van der Waals surface area contributed by atoms with Crippen LogP contribution >= 0.6 is 0 Å². The van der Waals surface area contributed by atoms with Gasteiger partial charge in [0.15, 0.2) is 0 Å². The van der Waals surface area contributed by atoms with Gasteiger partial charge in [-0.1, -0.05) is 40.7 Å². The second-order valence-corrected chi connectivity index (χ2v) is 7.00. The molecule has 146 valence electrons. The minimum atomic E-state index is -2.42. The number of hydrogen-bond acceptors (Lipinski definition) is 3. The van der Waals surface area contributed by atoms with Crippen molar-refractivity contribution >= 4 is 6.79 Å². The zero-order valence-electron chi connectivity index (χ0n) is 16.7. The molecule has 0 unspecified atom stereocenters. The van der Waals surface area contributed by atoms with Gasteiger partial charge in [0.2, 0.25) is 0 Å². The minimum Gasteiger partial charge on any atom is -0.311 e. The van der Waals surface area contributed by atoms with Gasteiger partial charge in [0.05, 0.1) is 6.54 Å². The van der Waals surface area contributed by atoms with E-state index in [2.05, 4.69) is 58.5 Å². The fourth-order valence-corrected chi connectivity index (χ4v) is 1.51. The lowest BCUT2D eigenvalue weighted by atomic mass is 10.2. The second kappa shape index (κ2) is 18.5. The van der Waals surface area contributed by atoms with Gasteiger partial charge in [-0.3, -0.25) is 0 Å². The molecule has 0 spiro atoms. The number of halogens is 2. The molecule has 1 N–H and O–H groups in total. The number of rotatable bonds is 1. The molecule has 5 heteroatoms. The first-order valence-corrected chi connectivity index (χ1v) is 8.79. The molecule has 0 aliphatic carbocycles. The van der Waals surface area contributed by atoms with Crippen LogP contribution in [0, 0.1) is 11.8 Å². The van der Waals surface area contributed by atoms with Crippen LogP contribution in [0.5, 0.6) is 0 Å². The molecule has 0 aromatic rings. The summed E-state index contributed by atoms with van der Waals surface area (Å²) in [5.74, 6) is -0.935. The van der Waals surface area contributed by atoms with Gasteiger partial charge in [-0.2, -0.15) is 0 Å². The lowest BCUT2D eigenvalue weighted by molar-refractivity contribution is -0.0980. The van der Waals surface area contributed by atoms with Gasteiger partial charge in [0, 0.05) is 13.0 Å². The molecule has 0 aromatic heterocycles. The summed E-state index contributed by atoms with van der Waals surface area (Å²) < 4.78 is 23.8. The van der Waals surface area contributed by atoms with Gasteiger partial charge in [0.25, 0.3) is 5.92 Å². The first kappa shape index (κ1) is 28.0. The number of nitrogens with zero attached hydrogens (tertiary/aromatic N) is 1. The van der Waals surface area contributed by atoms with E-state index < -0.39 is 5.92 Å². The SMILES string of the molecule is C=CC(C)C.C=O.CC(C)C.CN1CCCC1.FC1(F)CCNC1. The molecule has 3 nitrogen and oxygen atoms in total. The van der Waals surface area contributed by atoms with Gasteiger partial charge in [-0.05, 0) is 44.8 Å². The summed E-state index contributed by atoms with van der Waals surface area (Å²) in [7, 11) is 2.17. The van der Waals surface area contributed by atoms with E-state index >= 15 is 0 Å². The van der Waals surface area contributed by atoms with Crippen molar-refractivity contribution in [2.45, 2.75) is 59.8 Å². The van der Waals surface area contributed by atoms with E-state index in [1.165, 1.54) is 25.9 Å². The molecule has 2 saturated heterocycles. The second-order valence-electron chi connectivity index (χ2n) is 7.00. The van der Waals surface area contributed by atoms with Crippen LogP contribution in [0.2, 0.25) is 0 Å². The quantitative estimate of drug-likeness (QED) is 0.700. The summed E-state index contributed by atoms with van der Waals surface area (Å²) in [5, 5.41) is 2.56. The fraction of sp³-hybridized carbons (Fsp3) is 0.842. The summed E-state index contributed by atoms with van der Waals surface area (Å²) >= 11 is 0. The molecule has 0 aromatic carbocycles. The first-order chi connectivity index (χ1) is 11.1. The Morgan fingerprint density at radius 3 is 1.54 bits per heavy atom. The van der Waals surface area contributed by atoms with Crippen molar-refractivity contribution < 1.29 is 13.6 Å². The monoisotopic (exact) mass is 350 g/mol. The molecule has 2 rings (SSSR count). The molecule has 0 amide bonds. The lowest BCUT2D eigenvalue weighted by Crippen LogP contribution is -2.18. The molecule has 24 heavy (non-hydrogen) atoms. The Labute approximate surface area is 148 Å². The molecule has 2 fully saturated rings. The highest BCUT2D eigenvalue weighted by atomic mass is 19.3. The first-order valence-electron chi connectivity index (χ1n) is 8.79. The average Bonchev–Trinajstić information content (AvgIpc) is 3.12. The summed E-state index contributed by atoms with van der Waals surface area (Å²) in [6, 6.07) is 0. The molecule has 2 aliphatic heterocycles. The third-order valence-electron chi connectivity index (χ3n) is 2.85. The minimum absolute atomic E-state index is 0.00694. The summed E-state index contributed by atoms with van der Waals surface area (Å²) in [5.41, 5.74) is 0. The standard InChI is InChI=1S/C5H11N.C5H10.C4H7F2N.C4H10.CH2O/c1-6-4-2-3-5-6;1-4-5(2)3;5-4(6)1-2-7-3-4;1-4(2)3;1-2/h2-5H2,1H3;4-5H,1H2,2-3H3;7H,1-3H2;4H,1-3H3;1H2. The Morgan fingerprint density at radius 1 is 1.08 bits per heavy atom. The van der Waals surface area contributed by atoms with E-state index in [4.69, 9.17) is 4.79 Å². The van der Waals surface area contributed by atoms with Crippen LogP contribution in [-0.4, -0.2) is 50.8 Å². The van der Waals surface area contributed by atoms with Gasteiger partial charge in [0.1, 0.15) is 6.79 Å². The van der Waals surface area contributed by atoms with Crippen LogP contribution in [0.1, 0.15) is 53.9 Å². The van der Waals surface area contributed by atoms with E-state index in [1.54, 1.807) is 0 Å². The van der Waals surface area contributed by atoms with Crippen molar-refractivity contribution in [1.82, 2.24) is 10.2 Å².